The zero-order valence-corrected chi connectivity index (χ0v) is 9.00. The van der Waals surface area contributed by atoms with Crippen LogP contribution in [0.4, 0.5) is 4.39 Å². The number of hydrogen-bond acceptors (Lipinski definition) is 2. The minimum atomic E-state index is -0.208. The van der Waals surface area contributed by atoms with Crippen molar-refractivity contribution in [3.63, 3.8) is 0 Å². The minimum Gasteiger partial charge on any atom is -0.207 e. The lowest BCUT2D eigenvalue weighted by molar-refractivity contribution is 0.584. The SMILES string of the molecule is CN=NC(C)c1c(F)ccc(C)c1C. The summed E-state index contributed by atoms with van der Waals surface area (Å²) in [4.78, 5) is 0. The Hall–Kier alpha value is -1.25. The van der Waals surface area contributed by atoms with Gasteiger partial charge in [-0.25, -0.2) is 4.39 Å². The molecule has 1 aromatic rings. The van der Waals surface area contributed by atoms with Crippen molar-refractivity contribution in [2.45, 2.75) is 26.8 Å². The third-order valence-electron chi connectivity index (χ3n) is 2.44. The van der Waals surface area contributed by atoms with Crippen LogP contribution in [0.2, 0.25) is 0 Å². The zero-order valence-electron chi connectivity index (χ0n) is 9.00. The quantitative estimate of drug-likeness (QED) is 0.643. The van der Waals surface area contributed by atoms with Gasteiger partial charge in [-0.2, -0.15) is 10.2 Å². The van der Waals surface area contributed by atoms with Gasteiger partial charge in [0.1, 0.15) is 5.82 Å². The number of nitrogens with zero attached hydrogens (tertiary/aromatic N) is 2. The Bertz CT molecular complexity index is 359. The van der Waals surface area contributed by atoms with E-state index in [4.69, 9.17) is 0 Å². The van der Waals surface area contributed by atoms with E-state index in [-0.39, 0.29) is 11.9 Å². The Labute approximate surface area is 83.9 Å². The van der Waals surface area contributed by atoms with Gasteiger partial charge >= 0.3 is 0 Å². The van der Waals surface area contributed by atoms with Gasteiger partial charge in [-0.1, -0.05) is 6.07 Å². The molecular weight excluding hydrogens is 179 g/mol. The number of rotatable bonds is 2. The van der Waals surface area contributed by atoms with E-state index in [0.717, 1.165) is 11.1 Å². The molecule has 14 heavy (non-hydrogen) atoms. The summed E-state index contributed by atoms with van der Waals surface area (Å²) in [5.41, 5.74) is 2.69. The second-order valence-electron chi connectivity index (χ2n) is 3.39. The monoisotopic (exact) mass is 194 g/mol. The fourth-order valence-electron chi connectivity index (χ4n) is 1.55. The van der Waals surface area contributed by atoms with Gasteiger partial charge in [-0.3, -0.25) is 0 Å². The highest BCUT2D eigenvalue weighted by atomic mass is 19.1. The number of halogens is 1. The van der Waals surface area contributed by atoms with Crippen LogP contribution in [0.5, 0.6) is 0 Å². The molecule has 0 aromatic heterocycles. The van der Waals surface area contributed by atoms with Gasteiger partial charge in [0.05, 0.1) is 6.04 Å². The first-order valence-corrected chi connectivity index (χ1v) is 4.62. The first-order chi connectivity index (χ1) is 6.57. The van der Waals surface area contributed by atoms with Crippen molar-refractivity contribution in [3.05, 3.63) is 34.6 Å². The molecule has 76 valence electrons. The molecule has 1 aromatic carbocycles. The van der Waals surface area contributed by atoms with E-state index in [1.54, 1.807) is 13.1 Å². The van der Waals surface area contributed by atoms with Crippen molar-refractivity contribution >= 4 is 0 Å². The van der Waals surface area contributed by atoms with Crippen molar-refractivity contribution < 1.29 is 4.39 Å². The van der Waals surface area contributed by atoms with Crippen molar-refractivity contribution in [2.75, 3.05) is 7.05 Å². The van der Waals surface area contributed by atoms with E-state index in [2.05, 4.69) is 10.2 Å². The largest absolute Gasteiger partial charge is 0.207 e. The molecule has 0 saturated heterocycles. The third-order valence-corrected chi connectivity index (χ3v) is 2.44. The number of azo groups is 1. The Morgan fingerprint density at radius 1 is 1.29 bits per heavy atom. The van der Waals surface area contributed by atoms with Crippen LogP contribution in [0.25, 0.3) is 0 Å². The molecule has 1 rings (SSSR count). The van der Waals surface area contributed by atoms with Gasteiger partial charge in [0, 0.05) is 12.6 Å². The van der Waals surface area contributed by atoms with Gasteiger partial charge in [0.2, 0.25) is 0 Å². The molecule has 0 N–H and O–H groups in total. The standard InChI is InChI=1S/C11H15FN2/c1-7-5-6-10(12)11(8(7)2)9(3)14-13-4/h5-6,9H,1-4H3. The summed E-state index contributed by atoms with van der Waals surface area (Å²) in [5, 5.41) is 7.62. The Kier molecular flexibility index (Phi) is 3.33. The maximum Gasteiger partial charge on any atom is 0.128 e. The van der Waals surface area contributed by atoms with Gasteiger partial charge in [-0.15, -0.1) is 0 Å². The summed E-state index contributed by atoms with van der Waals surface area (Å²) in [6, 6.07) is 3.06. The fraction of sp³-hybridized carbons (Fsp3) is 0.455. The summed E-state index contributed by atoms with van der Waals surface area (Å²) in [5.74, 6) is -0.201. The Morgan fingerprint density at radius 2 is 1.93 bits per heavy atom. The van der Waals surface area contributed by atoms with E-state index < -0.39 is 0 Å². The molecule has 0 bridgehead atoms. The highest BCUT2D eigenvalue weighted by Crippen LogP contribution is 2.26. The van der Waals surface area contributed by atoms with Gasteiger partial charge in [0.15, 0.2) is 0 Å². The molecule has 0 aliphatic heterocycles. The second-order valence-corrected chi connectivity index (χ2v) is 3.39. The molecular formula is C11H15FN2. The molecule has 1 unspecified atom stereocenters. The van der Waals surface area contributed by atoms with Gasteiger partial charge in [0.25, 0.3) is 0 Å². The normalized spacial score (nSPS) is 13.5. The number of aryl methyl sites for hydroxylation is 1. The van der Waals surface area contributed by atoms with Crippen LogP contribution in [0.15, 0.2) is 22.4 Å². The van der Waals surface area contributed by atoms with Crippen LogP contribution < -0.4 is 0 Å². The van der Waals surface area contributed by atoms with E-state index in [0.29, 0.717) is 5.56 Å². The number of benzene rings is 1. The molecule has 0 radical (unpaired) electrons. The van der Waals surface area contributed by atoms with Gasteiger partial charge < -0.3 is 0 Å². The van der Waals surface area contributed by atoms with Crippen LogP contribution >= 0.6 is 0 Å². The summed E-state index contributed by atoms with van der Waals surface area (Å²) in [6.45, 7) is 5.72. The van der Waals surface area contributed by atoms with E-state index in [9.17, 15) is 4.39 Å². The van der Waals surface area contributed by atoms with Crippen molar-refractivity contribution in [2.24, 2.45) is 10.2 Å². The molecule has 2 nitrogen and oxygen atoms in total. The van der Waals surface area contributed by atoms with E-state index >= 15 is 0 Å². The first kappa shape index (κ1) is 10.8. The maximum atomic E-state index is 13.5. The Morgan fingerprint density at radius 3 is 2.50 bits per heavy atom. The van der Waals surface area contributed by atoms with Crippen LogP contribution in [-0.4, -0.2) is 7.05 Å². The average molecular weight is 194 g/mol. The molecule has 0 aliphatic carbocycles. The molecule has 3 heteroatoms. The predicted octanol–water partition coefficient (Wildman–Crippen LogP) is 3.59. The fourth-order valence-corrected chi connectivity index (χ4v) is 1.55. The molecule has 0 heterocycles. The smallest absolute Gasteiger partial charge is 0.128 e. The zero-order chi connectivity index (χ0) is 10.7. The average Bonchev–Trinajstić information content (AvgIpc) is 2.13. The highest BCUT2D eigenvalue weighted by molar-refractivity contribution is 5.36. The topological polar surface area (TPSA) is 24.7 Å². The summed E-state index contributed by atoms with van der Waals surface area (Å²) >= 11 is 0. The summed E-state index contributed by atoms with van der Waals surface area (Å²) < 4.78 is 13.5. The molecule has 1 atom stereocenters. The molecule has 0 aliphatic rings. The lowest BCUT2D eigenvalue weighted by Crippen LogP contribution is -1.99. The van der Waals surface area contributed by atoms with Crippen molar-refractivity contribution in [1.82, 2.24) is 0 Å². The molecule has 0 saturated carbocycles. The lowest BCUT2D eigenvalue weighted by Gasteiger charge is -2.12. The number of hydrogen-bond donors (Lipinski definition) is 0. The third kappa shape index (κ3) is 1.97. The van der Waals surface area contributed by atoms with Crippen molar-refractivity contribution in [1.29, 1.82) is 0 Å². The first-order valence-electron chi connectivity index (χ1n) is 4.62. The van der Waals surface area contributed by atoms with Crippen LogP contribution in [0.1, 0.15) is 29.7 Å². The minimum absolute atomic E-state index is 0.201. The summed E-state index contributed by atoms with van der Waals surface area (Å²) in [6.07, 6.45) is 0. The van der Waals surface area contributed by atoms with Crippen molar-refractivity contribution in [3.8, 4) is 0 Å². The predicted molar refractivity (Wildman–Crippen MR) is 55.1 cm³/mol. The summed E-state index contributed by atoms with van der Waals surface area (Å²) in [7, 11) is 1.60. The van der Waals surface area contributed by atoms with Gasteiger partial charge in [-0.05, 0) is 38.0 Å². The van der Waals surface area contributed by atoms with E-state index in [1.165, 1.54) is 6.07 Å². The maximum absolute atomic E-state index is 13.5. The van der Waals surface area contributed by atoms with Crippen LogP contribution in [0.3, 0.4) is 0 Å². The second kappa shape index (κ2) is 4.31. The molecule has 0 fully saturated rings. The van der Waals surface area contributed by atoms with E-state index in [1.807, 2.05) is 20.8 Å². The van der Waals surface area contributed by atoms with Crippen LogP contribution in [0, 0.1) is 19.7 Å². The molecule has 0 spiro atoms. The highest BCUT2D eigenvalue weighted by Gasteiger charge is 2.14. The molecule has 0 amide bonds. The van der Waals surface area contributed by atoms with Crippen LogP contribution in [-0.2, 0) is 0 Å². The Balaban J connectivity index is 3.24. The lowest BCUT2D eigenvalue weighted by atomic mass is 9.98.